The summed E-state index contributed by atoms with van der Waals surface area (Å²) in [5, 5.41) is 0. The molecular formula is C6H8FN. The van der Waals surface area contributed by atoms with Crippen molar-refractivity contribution >= 4 is 6.21 Å². The van der Waals surface area contributed by atoms with Gasteiger partial charge >= 0.3 is 0 Å². The summed E-state index contributed by atoms with van der Waals surface area (Å²) in [6.07, 6.45) is 3.56. The average Bonchev–Trinajstić information content (AvgIpc) is 1.77. The van der Waals surface area contributed by atoms with Gasteiger partial charge in [0.25, 0.3) is 0 Å². The van der Waals surface area contributed by atoms with Gasteiger partial charge in [0.1, 0.15) is 5.83 Å². The van der Waals surface area contributed by atoms with E-state index in [-0.39, 0.29) is 11.9 Å². The van der Waals surface area contributed by atoms with Gasteiger partial charge in [0, 0.05) is 0 Å². The molecule has 1 heterocycles. The molecule has 0 saturated heterocycles. The number of hydrogen-bond donors (Lipinski definition) is 0. The molecule has 0 aliphatic carbocycles. The summed E-state index contributed by atoms with van der Waals surface area (Å²) in [4.78, 5) is 3.84. The zero-order chi connectivity index (χ0) is 5.98. The molecule has 0 radical (unpaired) electrons. The van der Waals surface area contributed by atoms with Crippen LogP contribution in [-0.2, 0) is 0 Å². The molecule has 1 aliphatic heterocycles. The van der Waals surface area contributed by atoms with Crippen LogP contribution in [0.1, 0.15) is 13.3 Å². The summed E-state index contributed by atoms with van der Waals surface area (Å²) in [5.74, 6) is -0.205. The van der Waals surface area contributed by atoms with Crippen molar-refractivity contribution in [1.82, 2.24) is 0 Å². The van der Waals surface area contributed by atoms with Crippen LogP contribution < -0.4 is 0 Å². The minimum absolute atomic E-state index is 0.205. The Morgan fingerprint density at radius 2 is 2.62 bits per heavy atom. The van der Waals surface area contributed by atoms with Crippen molar-refractivity contribution in [1.29, 1.82) is 0 Å². The second-order valence-corrected chi connectivity index (χ2v) is 1.95. The van der Waals surface area contributed by atoms with E-state index in [1.807, 2.05) is 6.92 Å². The van der Waals surface area contributed by atoms with Crippen molar-refractivity contribution in [2.45, 2.75) is 19.4 Å². The lowest BCUT2D eigenvalue weighted by atomic mass is 10.2. The van der Waals surface area contributed by atoms with Gasteiger partial charge in [-0.05, 0) is 19.4 Å². The third kappa shape index (κ3) is 1.15. The molecule has 1 atom stereocenters. The van der Waals surface area contributed by atoms with Gasteiger partial charge in [-0.2, -0.15) is 0 Å². The highest BCUT2D eigenvalue weighted by atomic mass is 19.1. The standard InChI is InChI=1S/C6H8FN/c1-5-2-3-6(7)4-8-5/h3-5H,2H2,1H3/t5-/m0/s1. The number of dihydropyridines is 1. The van der Waals surface area contributed by atoms with Gasteiger partial charge in [-0.25, -0.2) is 4.39 Å². The highest BCUT2D eigenvalue weighted by Gasteiger charge is 2.01. The predicted octanol–water partition coefficient (Wildman–Crippen LogP) is 1.70. The number of hydrogen-bond acceptors (Lipinski definition) is 1. The topological polar surface area (TPSA) is 12.4 Å². The summed E-state index contributed by atoms with van der Waals surface area (Å²) >= 11 is 0. The van der Waals surface area contributed by atoms with E-state index < -0.39 is 0 Å². The number of allylic oxidation sites excluding steroid dienone is 1. The quantitative estimate of drug-likeness (QED) is 0.453. The predicted molar refractivity (Wildman–Crippen MR) is 31.8 cm³/mol. The summed E-state index contributed by atoms with van der Waals surface area (Å²) < 4.78 is 12.1. The maximum Gasteiger partial charge on any atom is 0.137 e. The van der Waals surface area contributed by atoms with Gasteiger partial charge in [0.05, 0.1) is 12.3 Å². The molecule has 0 aromatic rings. The fourth-order valence-electron chi connectivity index (χ4n) is 0.595. The first-order valence-electron chi connectivity index (χ1n) is 2.68. The highest BCUT2D eigenvalue weighted by molar-refractivity contribution is 5.76. The first-order valence-corrected chi connectivity index (χ1v) is 2.68. The Labute approximate surface area is 47.9 Å². The van der Waals surface area contributed by atoms with Crippen LogP contribution in [-0.4, -0.2) is 12.3 Å². The number of rotatable bonds is 0. The average molecular weight is 113 g/mol. The van der Waals surface area contributed by atoms with Crippen LogP contribution in [0.4, 0.5) is 4.39 Å². The van der Waals surface area contributed by atoms with E-state index in [1.165, 1.54) is 6.21 Å². The van der Waals surface area contributed by atoms with E-state index in [1.54, 1.807) is 6.08 Å². The molecule has 0 unspecified atom stereocenters. The van der Waals surface area contributed by atoms with Crippen molar-refractivity contribution in [2.75, 3.05) is 0 Å². The molecule has 0 fully saturated rings. The number of aliphatic imine (C=N–C) groups is 1. The SMILES string of the molecule is C[C@H]1CC=C(F)C=N1. The van der Waals surface area contributed by atoms with Crippen molar-refractivity contribution in [3.63, 3.8) is 0 Å². The third-order valence-corrected chi connectivity index (χ3v) is 1.11. The van der Waals surface area contributed by atoms with Gasteiger partial charge in [-0.1, -0.05) is 0 Å². The second-order valence-electron chi connectivity index (χ2n) is 1.95. The van der Waals surface area contributed by atoms with Crippen LogP contribution in [0.25, 0.3) is 0 Å². The Balaban J connectivity index is 2.58. The van der Waals surface area contributed by atoms with Crippen LogP contribution in [0.5, 0.6) is 0 Å². The molecule has 1 aliphatic rings. The molecule has 0 saturated carbocycles. The Morgan fingerprint density at radius 3 is 3.00 bits per heavy atom. The molecule has 0 aromatic carbocycles. The molecule has 44 valence electrons. The zero-order valence-corrected chi connectivity index (χ0v) is 4.76. The Kier molecular flexibility index (Phi) is 1.42. The molecule has 0 N–H and O–H groups in total. The molecule has 0 aromatic heterocycles. The van der Waals surface area contributed by atoms with Gasteiger partial charge in [0.15, 0.2) is 0 Å². The summed E-state index contributed by atoms with van der Waals surface area (Å²) in [5.41, 5.74) is 0. The van der Waals surface area contributed by atoms with Crippen LogP contribution in [0.2, 0.25) is 0 Å². The van der Waals surface area contributed by atoms with Crippen molar-refractivity contribution in [3.05, 3.63) is 11.9 Å². The summed E-state index contributed by atoms with van der Waals surface area (Å²) in [6, 6.07) is 0.273. The van der Waals surface area contributed by atoms with E-state index in [2.05, 4.69) is 4.99 Å². The van der Waals surface area contributed by atoms with Gasteiger partial charge in [-0.15, -0.1) is 0 Å². The lowest BCUT2D eigenvalue weighted by Gasteiger charge is -2.04. The van der Waals surface area contributed by atoms with Gasteiger partial charge in [0.2, 0.25) is 0 Å². The van der Waals surface area contributed by atoms with Crippen LogP contribution in [0, 0.1) is 0 Å². The fraction of sp³-hybridized carbons (Fsp3) is 0.500. The molecule has 0 bridgehead atoms. The molecule has 8 heavy (non-hydrogen) atoms. The monoisotopic (exact) mass is 113 g/mol. The first kappa shape index (κ1) is 5.48. The van der Waals surface area contributed by atoms with E-state index in [0.717, 1.165) is 6.42 Å². The lowest BCUT2D eigenvalue weighted by Crippen LogP contribution is -2.00. The number of halogens is 1. The van der Waals surface area contributed by atoms with Crippen LogP contribution in [0.15, 0.2) is 16.9 Å². The smallest absolute Gasteiger partial charge is 0.137 e. The third-order valence-electron chi connectivity index (χ3n) is 1.11. The normalized spacial score (nSPS) is 27.8. The lowest BCUT2D eigenvalue weighted by molar-refractivity contribution is 0.647. The zero-order valence-electron chi connectivity index (χ0n) is 4.76. The first-order chi connectivity index (χ1) is 3.79. The molecule has 0 spiro atoms. The number of nitrogens with zero attached hydrogens (tertiary/aromatic N) is 1. The minimum Gasteiger partial charge on any atom is -0.287 e. The van der Waals surface area contributed by atoms with E-state index >= 15 is 0 Å². The Bertz CT molecular complexity index is 137. The van der Waals surface area contributed by atoms with Crippen LogP contribution >= 0.6 is 0 Å². The van der Waals surface area contributed by atoms with Crippen LogP contribution in [0.3, 0.4) is 0 Å². The van der Waals surface area contributed by atoms with E-state index in [0.29, 0.717) is 0 Å². The minimum atomic E-state index is -0.205. The maximum absolute atomic E-state index is 12.1. The van der Waals surface area contributed by atoms with Gasteiger partial charge < -0.3 is 0 Å². The molecule has 0 amide bonds. The molecule has 2 heteroatoms. The van der Waals surface area contributed by atoms with E-state index in [9.17, 15) is 4.39 Å². The highest BCUT2D eigenvalue weighted by Crippen LogP contribution is 2.07. The second kappa shape index (κ2) is 2.07. The van der Waals surface area contributed by atoms with Gasteiger partial charge in [-0.3, -0.25) is 4.99 Å². The largest absolute Gasteiger partial charge is 0.287 e. The maximum atomic E-state index is 12.1. The van der Waals surface area contributed by atoms with E-state index in [4.69, 9.17) is 0 Å². The van der Waals surface area contributed by atoms with Crippen molar-refractivity contribution in [3.8, 4) is 0 Å². The molecule has 1 nitrogen and oxygen atoms in total. The molecular weight excluding hydrogens is 105 g/mol. The fourth-order valence-corrected chi connectivity index (χ4v) is 0.595. The Morgan fingerprint density at radius 1 is 1.88 bits per heavy atom. The summed E-state index contributed by atoms with van der Waals surface area (Å²) in [6.45, 7) is 1.96. The van der Waals surface area contributed by atoms with Crippen molar-refractivity contribution < 1.29 is 4.39 Å². The Hall–Kier alpha value is -0.660. The van der Waals surface area contributed by atoms with Crippen molar-refractivity contribution in [2.24, 2.45) is 4.99 Å². The summed E-state index contributed by atoms with van der Waals surface area (Å²) in [7, 11) is 0. The molecule has 1 rings (SSSR count).